The fourth-order valence-electron chi connectivity index (χ4n) is 3.59. The van der Waals surface area contributed by atoms with Crippen LogP contribution in [0.4, 0.5) is 5.82 Å². The van der Waals surface area contributed by atoms with E-state index in [1.54, 1.807) is 13.1 Å². The molecule has 0 saturated carbocycles. The molecule has 132 valence electrons. The minimum absolute atomic E-state index is 0.0170. The number of Topliss-reactive ketones (excluding diaryl/α,β-unsaturated/α-hetero) is 1. The number of anilines is 1. The summed E-state index contributed by atoms with van der Waals surface area (Å²) < 4.78 is 0. The lowest BCUT2D eigenvalue weighted by atomic mass is 9.75. The molecule has 1 unspecified atom stereocenters. The molecule has 1 aromatic heterocycles. The van der Waals surface area contributed by atoms with E-state index in [-0.39, 0.29) is 17.8 Å². The monoisotopic (exact) mass is 358 g/mol. The fraction of sp³-hybridized carbons (Fsp3) is 0.400. The topological polar surface area (TPSA) is 53.4 Å². The van der Waals surface area contributed by atoms with Crippen molar-refractivity contribution in [2.24, 2.45) is 5.41 Å². The summed E-state index contributed by atoms with van der Waals surface area (Å²) in [4.78, 5) is 18.1. The Balaban J connectivity index is 1.78. The quantitative estimate of drug-likeness (QED) is 0.827. The standard InChI is InChI=1S/C20H23ClN2O2/c1-15(25)17-6-7-19(22-12-17)23-9-3-8-20(13-23,14-24)11-16-4-2-5-18(21)10-16/h2,4-7,10,12,24H,3,8-9,11,13-14H2,1H3. The zero-order valence-electron chi connectivity index (χ0n) is 14.4. The van der Waals surface area contributed by atoms with Crippen LogP contribution in [0.1, 0.15) is 35.7 Å². The Kier molecular flexibility index (Phi) is 5.40. The van der Waals surface area contributed by atoms with Gasteiger partial charge in [-0.3, -0.25) is 4.79 Å². The number of nitrogens with zero attached hydrogens (tertiary/aromatic N) is 2. The lowest BCUT2D eigenvalue weighted by Crippen LogP contribution is -2.47. The normalized spacial score (nSPS) is 20.5. The molecule has 1 fully saturated rings. The average Bonchev–Trinajstić information content (AvgIpc) is 2.62. The molecule has 0 bridgehead atoms. The van der Waals surface area contributed by atoms with E-state index >= 15 is 0 Å². The number of hydrogen-bond donors (Lipinski definition) is 1. The number of rotatable bonds is 5. The maximum absolute atomic E-state index is 11.4. The number of benzene rings is 1. The first kappa shape index (κ1) is 17.9. The Labute approximate surface area is 153 Å². The molecular formula is C20H23ClN2O2. The van der Waals surface area contributed by atoms with Gasteiger partial charge in [-0.05, 0) is 56.0 Å². The zero-order chi connectivity index (χ0) is 17.9. The first-order valence-electron chi connectivity index (χ1n) is 8.59. The van der Waals surface area contributed by atoms with Crippen molar-refractivity contribution in [3.8, 4) is 0 Å². The van der Waals surface area contributed by atoms with Crippen LogP contribution >= 0.6 is 11.6 Å². The van der Waals surface area contributed by atoms with Gasteiger partial charge >= 0.3 is 0 Å². The number of aromatic nitrogens is 1. The lowest BCUT2D eigenvalue weighted by Gasteiger charge is -2.42. The molecule has 1 N–H and O–H groups in total. The van der Waals surface area contributed by atoms with Crippen molar-refractivity contribution in [1.29, 1.82) is 0 Å². The Hall–Kier alpha value is -1.91. The molecule has 1 aliphatic heterocycles. The van der Waals surface area contributed by atoms with Crippen molar-refractivity contribution in [3.63, 3.8) is 0 Å². The van der Waals surface area contributed by atoms with Gasteiger partial charge < -0.3 is 10.0 Å². The smallest absolute Gasteiger partial charge is 0.161 e. The highest BCUT2D eigenvalue weighted by Crippen LogP contribution is 2.35. The lowest BCUT2D eigenvalue weighted by molar-refractivity contribution is 0.101. The van der Waals surface area contributed by atoms with Crippen LogP contribution in [0.5, 0.6) is 0 Å². The molecule has 0 radical (unpaired) electrons. The van der Waals surface area contributed by atoms with Gasteiger partial charge in [-0.15, -0.1) is 0 Å². The van der Waals surface area contributed by atoms with Gasteiger partial charge in [0.2, 0.25) is 0 Å². The van der Waals surface area contributed by atoms with Crippen molar-refractivity contribution in [2.75, 3.05) is 24.6 Å². The van der Waals surface area contributed by atoms with Crippen LogP contribution < -0.4 is 4.90 Å². The van der Waals surface area contributed by atoms with Crippen LogP contribution in [0.25, 0.3) is 0 Å². The van der Waals surface area contributed by atoms with Crippen LogP contribution in [0.3, 0.4) is 0 Å². The van der Waals surface area contributed by atoms with Crippen LogP contribution in [0, 0.1) is 5.41 Å². The van der Waals surface area contributed by atoms with E-state index in [1.165, 1.54) is 0 Å². The van der Waals surface area contributed by atoms with Crippen molar-refractivity contribution in [1.82, 2.24) is 4.98 Å². The Morgan fingerprint density at radius 1 is 1.36 bits per heavy atom. The van der Waals surface area contributed by atoms with E-state index < -0.39 is 0 Å². The van der Waals surface area contributed by atoms with Gasteiger partial charge in [0.25, 0.3) is 0 Å². The third-order valence-electron chi connectivity index (χ3n) is 4.94. The summed E-state index contributed by atoms with van der Waals surface area (Å²) in [6, 6.07) is 11.6. The molecule has 25 heavy (non-hydrogen) atoms. The van der Waals surface area contributed by atoms with E-state index in [4.69, 9.17) is 11.6 Å². The molecule has 0 aliphatic carbocycles. The third-order valence-corrected chi connectivity index (χ3v) is 5.18. The van der Waals surface area contributed by atoms with Gasteiger partial charge in [-0.1, -0.05) is 23.7 Å². The second-order valence-corrected chi connectivity index (χ2v) is 7.39. The van der Waals surface area contributed by atoms with Gasteiger partial charge in [-0.2, -0.15) is 0 Å². The molecule has 1 aliphatic rings. The maximum atomic E-state index is 11.4. The number of carbonyl (C=O) groups excluding carboxylic acids is 1. The summed E-state index contributed by atoms with van der Waals surface area (Å²) >= 11 is 6.11. The van der Waals surface area contributed by atoms with Crippen molar-refractivity contribution >= 4 is 23.2 Å². The maximum Gasteiger partial charge on any atom is 0.161 e. The number of halogens is 1. The Morgan fingerprint density at radius 2 is 2.20 bits per heavy atom. The SMILES string of the molecule is CC(=O)c1ccc(N2CCCC(CO)(Cc3cccc(Cl)c3)C2)nc1. The predicted octanol–water partition coefficient (Wildman–Crippen LogP) is 3.76. The molecule has 2 aromatic rings. The first-order chi connectivity index (χ1) is 12.0. The largest absolute Gasteiger partial charge is 0.396 e. The van der Waals surface area contributed by atoms with Crippen LogP contribution in [-0.4, -0.2) is 35.6 Å². The fourth-order valence-corrected chi connectivity index (χ4v) is 3.81. The van der Waals surface area contributed by atoms with Crippen molar-refractivity contribution < 1.29 is 9.90 Å². The average molecular weight is 359 g/mol. The molecule has 0 amide bonds. The van der Waals surface area contributed by atoms with E-state index in [0.29, 0.717) is 5.56 Å². The van der Waals surface area contributed by atoms with E-state index in [0.717, 1.165) is 48.8 Å². The highest BCUT2D eigenvalue weighted by Gasteiger charge is 2.35. The summed E-state index contributed by atoms with van der Waals surface area (Å²) in [5.41, 5.74) is 1.56. The number of aliphatic hydroxyl groups is 1. The molecule has 5 heteroatoms. The Morgan fingerprint density at radius 3 is 2.84 bits per heavy atom. The number of carbonyl (C=O) groups is 1. The highest BCUT2D eigenvalue weighted by atomic mass is 35.5. The number of hydrogen-bond acceptors (Lipinski definition) is 4. The van der Waals surface area contributed by atoms with Crippen LogP contribution in [0.15, 0.2) is 42.6 Å². The van der Waals surface area contributed by atoms with Gasteiger partial charge in [0, 0.05) is 35.3 Å². The van der Waals surface area contributed by atoms with E-state index in [9.17, 15) is 9.90 Å². The molecule has 1 atom stereocenters. The summed E-state index contributed by atoms with van der Waals surface area (Å²) in [6.07, 6.45) is 4.38. The second-order valence-electron chi connectivity index (χ2n) is 6.95. The van der Waals surface area contributed by atoms with E-state index in [1.807, 2.05) is 30.3 Å². The van der Waals surface area contributed by atoms with Crippen molar-refractivity contribution in [2.45, 2.75) is 26.2 Å². The number of ketones is 1. The predicted molar refractivity (Wildman–Crippen MR) is 100 cm³/mol. The molecule has 4 nitrogen and oxygen atoms in total. The minimum Gasteiger partial charge on any atom is -0.396 e. The summed E-state index contributed by atoms with van der Waals surface area (Å²) in [5, 5.41) is 10.9. The highest BCUT2D eigenvalue weighted by molar-refractivity contribution is 6.30. The summed E-state index contributed by atoms with van der Waals surface area (Å²) in [5.74, 6) is 0.872. The van der Waals surface area contributed by atoms with E-state index in [2.05, 4.69) is 16.0 Å². The van der Waals surface area contributed by atoms with Crippen LogP contribution in [-0.2, 0) is 6.42 Å². The molecule has 1 saturated heterocycles. The molecular weight excluding hydrogens is 336 g/mol. The minimum atomic E-state index is -0.205. The first-order valence-corrected chi connectivity index (χ1v) is 8.96. The molecule has 2 heterocycles. The van der Waals surface area contributed by atoms with Gasteiger partial charge in [0.15, 0.2) is 5.78 Å². The number of aliphatic hydroxyl groups excluding tert-OH is 1. The van der Waals surface area contributed by atoms with Gasteiger partial charge in [0.05, 0.1) is 6.61 Å². The number of pyridine rings is 1. The third kappa shape index (κ3) is 4.20. The number of piperidine rings is 1. The second kappa shape index (κ2) is 7.54. The molecule has 3 rings (SSSR count). The summed E-state index contributed by atoms with van der Waals surface area (Å²) in [7, 11) is 0. The van der Waals surface area contributed by atoms with Gasteiger partial charge in [0.1, 0.15) is 5.82 Å². The Bertz CT molecular complexity index is 748. The summed E-state index contributed by atoms with van der Waals surface area (Å²) in [6.45, 7) is 3.31. The zero-order valence-corrected chi connectivity index (χ0v) is 15.2. The molecule has 0 spiro atoms. The van der Waals surface area contributed by atoms with Crippen LogP contribution in [0.2, 0.25) is 5.02 Å². The molecule has 1 aromatic carbocycles. The van der Waals surface area contributed by atoms with Gasteiger partial charge in [-0.25, -0.2) is 4.98 Å². The van der Waals surface area contributed by atoms with Crippen molar-refractivity contribution in [3.05, 3.63) is 58.7 Å².